The van der Waals surface area contributed by atoms with Gasteiger partial charge in [0.05, 0.1) is 18.2 Å². The lowest BCUT2D eigenvalue weighted by molar-refractivity contribution is 0.0478. The number of benzene rings is 1. The first-order valence-electron chi connectivity index (χ1n) is 6.56. The van der Waals surface area contributed by atoms with Crippen LogP contribution in [0.1, 0.15) is 15.2 Å². The van der Waals surface area contributed by atoms with Crippen molar-refractivity contribution >= 4 is 28.6 Å². The molecule has 0 saturated carbocycles. The highest BCUT2D eigenvalue weighted by molar-refractivity contribution is 7.21. The van der Waals surface area contributed by atoms with E-state index >= 15 is 0 Å². The van der Waals surface area contributed by atoms with Crippen molar-refractivity contribution in [3.63, 3.8) is 0 Å². The molecule has 0 spiro atoms. The van der Waals surface area contributed by atoms with E-state index in [1.54, 1.807) is 24.6 Å². The quantitative estimate of drug-likeness (QED) is 0.656. The summed E-state index contributed by atoms with van der Waals surface area (Å²) in [5.41, 5.74) is 0.914. The van der Waals surface area contributed by atoms with Gasteiger partial charge in [-0.3, -0.25) is 0 Å². The van der Waals surface area contributed by atoms with Gasteiger partial charge in [0, 0.05) is 0 Å². The Labute approximate surface area is 136 Å². The maximum atomic E-state index is 12.1. The van der Waals surface area contributed by atoms with Gasteiger partial charge in [0.15, 0.2) is 0 Å². The third-order valence-corrected chi connectivity index (χ3v) is 4.98. The minimum absolute atomic E-state index is 0.231. The van der Waals surface area contributed by atoms with Crippen LogP contribution in [0.25, 0.3) is 9.88 Å². The van der Waals surface area contributed by atoms with Crippen LogP contribution in [-0.4, -0.2) is 18.1 Å². The number of rotatable bonds is 5. The molecule has 22 heavy (non-hydrogen) atoms. The molecule has 2 heterocycles. The van der Waals surface area contributed by atoms with E-state index in [9.17, 15) is 4.79 Å². The minimum atomic E-state index is -0.351. The number of thiazole rings is 1. The average molecular weight is 331 g/mol. The van der Waals surface area contributed by atoms with Crippen molar-refractivity contribution in [1.29, 1.82) is 0 Å². The van der Waals surface area contributed by atoms with E-state index in [0.29, 0.717) is 4.88 Å². The Morgan fingerprint density at radius 1 is 1.23 bits per heavy atom. The number of thiophene rings is 1. The van der Waals surface area contributed by atoms with Gasteiger partial charge in [-0.2, -0.15) is 0 Å². The van der Waals surface area contributed by atoms with Gasteiger partial charge in [-0.25, -0.2) is 9.78 Å². The van der Waals surface area contributed by atoms with Crippen molar-refractivity contribution in [3.05, 3.63) is 58.4 Å². The van der Waals surface area contributed by atoms with Crippen molar-refractivity contribution in [2.24, 2.45) is 0 Å². The van der Waals surface area contributed by atoms with E-state index in [0.717, 1.165) is 21.2 Å². The van der Waals surface area contributed by atoms with E-state index in [2.05, 4.69) is 4.98 Å². The first-order chi connectivity index (χ1) is 10.8. The Morgan fingerprint density at radius 3 is 2.73 bits per heavy atom. The second kappa shape index (κ2) is 6.72. The molecule has 2 aromatic heterocycles. The van der Waals surface area contributed by atoms with Gasteiger partial charge in [0.2, 0.25) is 0 Å². The molecular weight excluding hydrogens is 318 g/mol. The third kappa shape index (κ3) is 3.35. The number of nitrogens with zero attached hydrogens (tertiary/aromatic N) is 1. The molecule has 6 heteroatoms. The molecule has 4 nitrogen and oxygen atoms in total. The summed E-state index contributed by atoms with van der Waals surface area (Å²) in [6.07, 6.45) is 1.57. The fourth-order valence-corrected chi connectivity index (χ4v) is 3.44. The predicted molar refractivity (Wildman–Crippen MR) is 87.5 cm³/mol. The van der Waals surface area contributed by atoms with Crippen LogP contribution in [0, 0.1) is 0 Å². The lowest BCUT2D eigenvalue weighted by atomic mass is 10.2. The van der Waals surface area contributed by atoms with Gasteiger partial charge in [0.1, 0.15) is 22.2 Å². The molecule has 0 saturated heterocycles. The van der Waals surface area contributed by atoms with Crippen LogP contribution in [0.5, 0.6) is 5.75 Å². The number of hydrogen-bond donors (Lipinski definition) is 0. The minimum Gasteiger partial charge on any atom is -0.497 e. The van der Waals surface area contributed by atoms with Crippen LogP contribution in [0.15, 0.2) is 48.0 Å². The van der Waals surface area contributed by atoms with E-state index in [1.165, 1.54) is 11.3 Å². The van der Waals surface area contributed by atoms with Crippen molar-refractivity contribution in [3.8, 4) is 15.6 Å². The maximum absolute atomic E-state index is 12.1. The van der Waals surface area contributed by atoms with Crippen LogP contribution in [0.2, 0.25) is 0 Å². The monoisotopic (exact) mass is 331 g/mol. The molecule has 3 aromatic rings. The molecule has 0 fully saturated rings. The van der Waals surface area contributed by atoms with Gasteiger partial charge >= 0.3 is 5.97 Å². The lowest BCUT2D eigenvalue weighted by Crippen LogP contribution is -2.03. The summed E-state index contributed by atoms with van der Waals surface area (Å²) in [5, 5.41) is 2.82. The Hall–Kier alpha value is -2.18. The second-order valence-electron chi connectivity index (χ2n) is 4.43. The second-order valence-corrected chi connectivity index (χ2v) is 6.41. The van der Waals surface area contributed by atoms with Crippen molar-refractivity contribution in [1.82, 2.24) is 4.98 Å². The summed E-state index contributed by atoms with van der Waals surface area (Å²) in [6, 6.07) is 11.4. The van der Waals surface area contributed by atoms with Crippen LogP contribution >= 0.6 is 22.7 Å². The number of methoxy groups -OCH3 is 1. The summed E-state index contributed by atoms with van der Waals surface area (Å²) >= 11 is 2.94. The van der Waals surface area contributed by atoms with Crippen LogP contribution in [-0.2, 0) is 11.3 Å². The summed E-state index contributed by atoms with van der Waals surface area (Å²) in [4.78, 5) is 17.9. The van der Waals surface area contributed by atoms with E-state index < -0.39 is 0 Å². The van der Waals surface area contributed by atoms with E-state index in [4.69, 9.17) is 9.47 Å². The molecule has 0 amide bonds. The zero-order valence-corrected chi connectivity index (χ0v) is 13.4. The number of carbonyl (C=O) groups is 1. The molecule has 0 atom stereocenters. The highest BCUT2D eigenvalue weighted by Crippen LogP contribution is 2.29. The molecule has 112 valence electrons. The van der Waals surface area contributed by atoms with Crippen molar-refractivity contribution in [2.75, 3.05) is 7.11 Å². The smallest absolute Gasteiger partial charge is 0.350 e. The molecule has 0 aliphatic heterocycles. The molecule has 0 aliphatic rings. The Balaban J connectivity index is 1.62. The number of carbonyl (C=O) groups excluding carboxylic acids is 1. The summed E-state index contributed by atoms with van der Waals surface area (Å²) in [7, 11) is 1.62. The van der Waals surface area contributed by atoms with Gasteiger partial charge in [-0.05, 0) is 29.1 Å². The van der Waals surface area contributed by atoms with E-state index in [1.807, 2.05) is 41.8 Å². The van der Waals surface area contributed by atoms with Crippen LogP contribution < -0.4 is 4.74 Å². The normalized spacial score (nSPS) is 10.4. The number of esters is 1. The predicted octanol–water partition coefficient (Wildman–Crippen LogP) is 4.24. The first-order valence-corrected chi connectivity index (χ1v) is 8.25. The van der Waals surface area contributed by atoms with Crippen molar-refractivity contribution in [2.45, 2.75) is 6.61 Å². The summed E-state index contributed by atoms with van der Waals surface area (Å²) in [5.74, 6) is 0.425. The van der Waals surface area contributed by atoms with Crippen LogP contribution in [0.4, 0.5) is 0 Å². The summed E-state index contributed by atoms with van der Waals surface area (Å²) < 4.78 is 10.4. The van der Waals surface area contributed by atoms with Gasteiger partial charge in [-0.15, -0.1) is 22.7 Å². The third-order valence-electron chi connectivity index (χ3n) is 2.97. The highest BCUT2D eigenvalue weighted by atomic mass is 32.1. The Morgan fingerprint density at radius 2 is 2.05 bits per heavy atom. The Bertz CT molecular complexity index is 748. The number of aromatic nitrogens is 1. The largest absolute Gasteiger partial charge is 0.497 e. The SMILES string of the molecule is COc1ccc(COC(=O)c2cnc(-c3cccs3)s2)cc1. The molecule has 0 aliphatic carbocycles. The first kappa shape index (κ1) is 14.7. The number of hydrogen-bond acceptors (Lipinski definition) is 6. The topological polar surface area (TPSA) is 48.4 Å². The van der Waals surface area contributed by atoms with Gasteiger partial charge in [-0.1, -0.05) is 18.2 Å². The molecule has 0 N–H and O–H groups in total. The fourth-order valence-electron chi connectivity index (χ4n) is 1.82. The molecule has 0 bridgehead atoms. The van der Waals surface area contributed by atoms with Gasteiger partial charge < -0.3 is 9.47 Å². The molecule has 1 aromatic carbocycles. The maximum Gasteiger partial charge on any atom is 0.350 e. The van der Waals surface area contributed by atoms with Crippen LogP contribution in [0.3, 0.4) is 0 Å². The fraction of sp³-hybridized carbons (Fsp3) is 0.125. The molecule has 0 radical (unpaired) electrons. The highest BCUT2D eigenvalue weighted by Gasteiger charge is 2.13. The summed E-state index contributed by atoms with van der Waals surface area (Å²) in [6.45, 7) is 0.231. The Kier molecular flexibility index (Phi) is 4.50. The molecule has 0 unspecified atom stereocenters. The zero-order chi connectivity index (χ0) is 15.4. The lowest BCUT2D eigenvalue weighted by Gasteiger charge is -2.04. The molecule has 3 rings (SSSR count). The molecular formula is C16H13NO3S2. The average Bonchev–Trinajstić information content (AvgIpc) is 3.23. The van der Waals surface area contributed by atoms with Gasteiger partial charge in [0.25, 0.3) is 0 Å². The standard InChI is InChI=1S/C16H13NO3S2/c1-19-12-6-4-11(5-7-12)10-20-16(18)14-9-17-15(22-14)13-3-2-8-21-13/h2-9H,10H2,1H3. The van der Waals surface area contributed by atoms with E-state index in [-0.39, 0.29) is 12.6 Å². The zero-order valence-electron chi connectivity index (χ0n) is 11.8. The van der Waals surface area contributed by atoms with Crippen molar-refractivity contribution < 1.29 is 14.3 Å². The number of ether oxygens (including phenoxy) is 2.